The van der Waals surface area contributed by atoms with E-state index in [0.29, 0.717) is 17.5 Å². The molecule has 1 aliphatic heterocycles. The van der Waals surface area contributed by atoms with Gasteiger partial charge in [-0.25, -0.2) is 24.9 Å². The predicted molar refractivity (Wildman–Crippen MR) is 268 cm³/mol. The van der Waals surface area contributed by atoms with Crippen LogP contribution in [0.2, 0.25) is 0 Å². The molecule has 0 amide bonds. The zero-order chi connectivity index (χ0) is 43.8. The van der Waals surface area contributed by atoms with Crippen molar-refractivity contribution in [3.8, 4) is 56.4 Å². The van der Waals surface area contributed by atoms with Crippen LogP contribution < -0.4 is 10.6 Å². The Morgan fingerprint density at radius 2 is 1.08 bits per heavy atom. The van der Waals surface area contributed by atoms with Crippen molar-refractivity contribution in [2.24, 2.45) is 4.99 Å². The van der Waals surface area contributed by atoms with Gasteiger partial charge in [-0.15, -0.1) is 0 Å². The zero-order valence-electron chi connectivity index (χ0n) is 36.1. The third kappa shape index (κ3) is 7.48. The largest absolute Gasteiger partial charge is 0.284 e. The highest BCUT2D eigenvalue weighted by Gasteiger charge is 2.20. The Bertz CT molecular complexity index is 3660. The van der Waals surface area contributed by atoms with E-state index < -0.39 is 0 Å². The van der Waals surface area contributed by atoms with Gasteiger partial charge >= 0.3 is 0 Å². The number of benzene rings is 7. The second kappa shape index (κ2) is 16.9. The van der Waals surface area contributed by atoms with Crippen molar-refractivity contribution in [2.75, 3.05) is 6.54 Å². The van der Waals surface area contributed by atoms with Crippen LogP contribution in [0.25, 0.3) is 89.4 Å². The summed E-state index contributed by atoms with van der Waals surface area (Å²) in [5.74, 6) is 2.08. The number of fused-ring (bicyclic) bond motifs is 4. The average Bonchev–Trinajstić information content (AvgIpc) is 3.41. The molecule has 10 aromatic rings. The maximum absolute atomic E-state index is 5.38. The summed E-state index contributed by atoms with van der Waals surface area (Å²) in [5, 5.41) is 4.37. The average molecular weight is 847 g/mol. The standard InChI is InChI=1S/C60H42N6/c1-4-14-40(15-5-1)52-38-55(63-57-51(52)32-30-43-31-33-53(62-56(43)57)41-16-6-2-7-17-41)42-28-26-39(27-29-42)45-20-12-22-47(36-45)59-64-58(44-18-8-3-9-19-44)65-60(66-59)48-23-13-21-46(37-48)49-34-35-61-54-25-11-10-24-50(49)54/h1-19,21-33,36-38,45H,20,34-35H2. The number of hydrogen-bond acceptors (Lipinski definition) is 6. The van der Waals surface area contributed by atoms with E-state index in [1.54, 1.807) is 0 Å². The Hall–Kier alpha value is -8.48. The molecule has 12 rings (SSSR count). The van der Waals surface area contributed by atoms with Gasteiger partial charge in [-0.05, 0) is 64.9 Å². The summed E-state index contributed by atoms with van der Waals surface area (Å²) in [6, 6.07) is 67.8. The van der Waals surface area contributed by atoms with Crippen LogP contribution in [-0.2, 0) is 0 Å². The molecule has 1 aliphatic carbocycles. The summed E-state index contributed by atoms with van der Waals surface area (Å²) in [6.45, 7) is 0.774. The Labute approximate surface area is 382 Å². The van der Waals surface area contributed by atoms with Crippen molar-refractivity contribution in [1.29, 1.82) is 0 Å². The van der Waals surface area contributed by atoms with Crippen LogP contribution >= 0.6 is 0 Å². The van der Waals surface area contributed by atoms with Crippen molar-refractivity contribution in [3.63, 3.8) is 0 Å². The Balaban J connectivity index is 0.914. The summed E-state index contributed by atoms with van der Waals surface area (Å²) < 4.78 is 0. The minimum atomic E-state index is 0.130. The van der Waals surface area contributed by atoms with Crippen molar-refractivity contribution in [3.05, 3.63) is 240 Å². The lowest BCUT2D eigenvalue weighted by atomic mass is 9.88. The van der Waals surface area contributed by atoms with Gasteiger partial charge in [0.25, 0.3) is 0 Å². The molecule has 6 nitrogen and oxygen atoms in total. The van der Waals surface area contributed by atoms with Crippen LogP contribution in [0.5, 0.6) is 0 Å². The minimum Gasteiger partial charge on any atom is -0.284 e. The van der Waals surface area contributed by atoms with Gasteiger partial charge in [-0.2, -0.15) is 0 Å². The number of nitrogens with zero attached hydrogens (tertiary/aromatic N) is 6. The lowest BCUT2D eigenvalue weighted by Crippen LogP contribution is -2.30. The van der Waals surface area contributed by atoms with Crippen LogP contribution in [0.1, 0.15) is 35.7 Å². The van der Waals surface area contributed by atoms with E-state index in [0.717, 1.165) is 102 Å². The molecule has 0 radical (unpaired) electrons. The van der Waals surface area contributed by atoms with Crippen LogP contribution in [0, 0.1) is 0 Å². The number of allylic oxidation sites excluding steroid dienone is 4. The van der Waals surface area contributed by atoms with Gasteiger partial charge in [0.05, 0.1) is 27.8 Å². The molecule has 0 fully saturated rings. The fourth-order valence-electron chi connectivity index (χ4n) is 9.40. The molecular formula is C60H42N6. The highest BCUT2D eigenvalue weighted by molar-refractivity contribution is 6.09. The Kier molecular flexibility index (Phi) is 10.0. The fraction of sp³-hybridized carbons (Fsp3) is 0.0667. The zero-order valence-corrected chi connectivity index (χ0v) is 36.1. The number of hydrogen-bond donors (Lipinski definition) is 0. The molecule has 4 heterocycles. The van der Waals surface area contributed by atoms with E-state index in [1.165, 1.54) is 16.4 Å². The summed E-state index contributed by atoms with van der Waals surface area (Å²) >= 11 is 0. The van der Waals surface area contributed by atoms with Gasteiger partial charge in [-0.3, -0.25) is 4.99 Å². The summed E-state index contributed by atoms with van der Waals surface area (Å²) in [6.07, 6.45) is 8.45. The van der Waals surface area contributed by atoms with Gasteiger partial charge in [0.1, 0.15) is 0 Å². The Morgan fingerprint density at radius 1 is 0.439 bits per heavy atom. The molecule has 1 unspecified atom stereocenters. The van der Waals surface area contributed by atoms with Gasteiger partial charge in [0.2, 0.25) is 0 Å². The van der Waals surface area contributed by atoms with Crippen molar-refractivity contribution < 1.29 is 0 Å². The van der Waals surface area contributed by atoms with Gasteiger partial charge in [-0.1, -0.05) is 188 Å². The first kappa shape index (κ1) is 39.1. The highest BCUT2D eigenvalue weighted by atomic mass is 15.0. The molecule has 312 valence electrons. The molecule has 2 aliphatic rings. The molecule has 66 heavy (non-hydrogen) atoms. The van der Waals surface area contributed by atoms with Crippen LogP contribution in [-0.4, -0.2) is 31.5 Å². The van der Waals surface area contributed by atoms with E-state index in [1.807, 2.05) is 24.3 Å². The Morgan fingerprint density at radius 3 is 1.88 bits per heavy atom. The summed E-state index contributed by atoms with van der Waals surface area (Å²) in [7, 11) is 0. The number of rotatable bonds is 8. The molecule has 6 heteroatoms. The second-order valence-electron chi connectivity index (χ2n) is 16.9. The van der Waals surface area contributed by atoms with Crippen LogP contribution in [0.4, 0.5) is 0 Å². The van der Waals surface area contributed by atoms with Crippen LogP contribution in [0.15, 0.2) is 217 Å². The third-order valence-electron chi connectivity index (χ3n) is 12.8. The number of pyridine rings is 2. The smallest absolute Gasteiger partial charge is 0.164 e. The van der Waals surface area contributed by atoms with E-state index >= 15 is 0 Å². The lowest BCUT2D eigenvalue weighted by Gasteiger charge is -2.18. The first-order chi connectivity index (χ1) is 32.7. The molecule has 0 saturated heterocycles. The highest BCUT2D eigenvalue weighted by Crippen LogP contribution is 2.38. The van der Waals surface area contributed by atoms with Crippen molar-refractivity contribution in [2.45, 2.75) is 18.8 Å². The van der Waals surface area contributed by atoms with E-state index in [2.05, 4.69) is 188 Å². The molecule has 0 N–H and O–H groups in total. The second-order valence-corrected chi connectivity index (χ2v) is 16.9. The summed E-state index contributed by atoms with van der Waals surface area (Å²) in [5.41, 5.74) is 14.6. The SMILES string of the molecule is C1=CC(c2nc(-c3ccccc3)nc(-c3cccc(C4=c5ccccc5=NCC4)c3)n2)=CC(c2ccc(-c3cc(-c4ccccc4)c4ccc5ccc(-c6ccccc6)nc5c4n3)cc2)C1. The monoisotopic (exact) mass is 846 g/mol. The van der Waals surface area contributed by atoms with Gasteiger partial charge in [0, 0.05) is 56.3 Å². The van der Waals surface area contributed by atoms with E-state index in [-0.39, 0.29) is 5.92 Å². The topological polar surface area (TPSA) is 76.8 Å². The van der Waals surface area contributed by atoms with E-state index in [9.17, 15) is 0 Å². The normalized spacial score (nSPS) is 14.5. The molecular weight excluding hydrogens is 805 g/mol. The third-order valence-corrected chi connectivity index (χ3v) is 12.8. The predicted octanol–water partition coefficient (Wildman–Crippen LogP) is 12.7. The molecule has 7 aromatic carbocycles. The van der Waals surface area contributed by atoms with Gasteiger partial charge < -0.3 is 0 Å². The van der Waals surface area contributed by atoms with Crippen molar-refractivity contribution in [1.82, 2.24) is 24.9 Å². The number of para-hydroxylation sites is 1. The van der Waals surface area contributed by atoms with Gasteiger partial charge in [0.15, 0.2) is 17.5 Å². The molecule has 1 atom stereocenters. The molecule has 0 saturated carbocycles. The maximum Gasteiger partial charge on any atom is 0.164 e. The summed E-state index contributed by atoms with van der Waals surface area (Å²) in [4.78, 5) is 30.8. The minimum absolute atomic E-state index is 0.130. The first-order valence-electron chi connectivity index (χ1n) is 22.6. The molecule has 0 spiro atoms. The van der Waals surface area contributed by atoms with Crippen LogP contribution in [0.3, 0.4) is 0 Å². The number of aromatic nitrogens is 5. The lowest BCUT2D eigenvalue weighted by molar-refractivity contribution is 0.854. The first-order valence-corrected chi connectivity index (χ1v) is 22.6. The van der Waals surface area contributed by atoms with Crippen molar-refractivity contribution >= 4 is 33.0 Å². The van der Waals surface area contributed by atoms with E-state index in [4.69, 9.17) is 29.9 Å². The molecule has 0 bridgehead atoms. The maximum atomic E-state index is 5.38. The fourth-order valence-corrected chi connectivity index (χ4v) is 9.40. The quantitative estimate of drug-likeness (QED) is 0.142. The molecule has 3 aromatic heterocycles.